The molecule has 1 atom stereocenters. The number of esters is 1. The fraction of sp³-hybridized carbons (Fsp3) is 0.200. The maximum Gasteiger partial charge on any atom is 0.331 e. The summed E-state index contributed by atoms with van der Waals surface area (Å²) in [4.78, 5) is 18.4. The van der Waals surface area contributed by atoms with Crippen LogP contribution in [0.2, 0.25) is 0 Å². The minimum atomic E-state index is -0.676. The van der Waals surface area contributed by atoms with E-state index in [1.54, 1.807) is 0 Å². The van der Waals surface area contributed by atoms with Gasteiger partial charge in [0.05, 0.1) is 5.71 Å². The van der Waals surface area contributed by atoms with Gasteiger partial charge >= 0.3 is 5.97 Å². The Hall–Kier alpha value is -3.72. The molecule has 3 nitrogen and oxygen atoms in total. The van der Waals surface area contributed by atoms with Crippen LogP contribution in [-0.2, 0) is 16.0 Å². The molecule has 0 N–H and O–H groups in total. The first-order valence-electron chi connectivity index (χ1n) is 11.3. The lowest BCUT2D eigenvalue weighted by Gasteiger charge is -2.23. The number of carbonyl (C=O) groups is 1. The molecule has 0 amide bonds. The molecule has 0 aliphatic carbocycles. The Labute approximate surface area is 195 Å². The zero-order valence-electron chi connectivity index (χ0n) is 19.4. The molecule has 4 aromatic carbocycles. The third-order valence-corrected chi connectivity index (χ3v) is 5.35. The van der Waals surface area contributed by atoms with E-state index in [-0.39, 0.29) is 5.97 Å². The van der Waals surface area contributed by atoms with Crippen molar-refractivity contribution in [1.82, 2.24) is 0 Å². The Balaban J connectivity index is 1.82. The Bertz CT molecular complexity index is 1210. The first-order valence-corrected chi connectivity index (χ1v) is 11.3. The highest BCUT2D eigenvalue weighted by Gasteiger charge is 2.26. The van der Waals surface area contributed by atoms with E-state index in [0.29, 0.717) is 6.42 Å². The summed E-state index contributed by atoms with van der Waals surface area (Å²) in [6.45, 7) is 5.66. The van der Waals surface area contributed by atoms with Crippen LogP contribution < -0.4 is 0 Å². The minimum Gasteiger partial charge on any atom is -0.458 e. The highest BCUT2D eigenvalue weighted by Crippen LogP contribution is 2.23. The number of ether oxygens (including phenoxy) is 1. The monoisotopic (exact) mass is 435 g/mol. The molecule has 0 aromatic heterocycles. The van der Waals surface area contributed by atoms with E-state index in [0.717, 1.165) is 33.2 Å². The molecule has 0 unspecified atom stereocenters. The van der Waals surface area contributed by atoms with Crippen LogP contribution in [0.5, 0.6) is 0 Å². The standard InChI is InChI=1S/C30H29NO2/c1-30(2,3)33-29(32)27(21-25-19-12-18-22-13-10-11-20-26(22)25)31-28(23-14-6-4-7-15-23)24-16-8-5-9-17-24/h4-20,27H,21H2,1-3H3/t27-/m0/s1. The topological polar surface area (TPSA) is 38.7 Å². The highest BCUT2D eigenvalue weighted by molar-refractivity contribution is 6.13. The molecule has 0 heterocycles. The van der Waals surface area contributed by atoms with Crippen LogP contribution in [0.4, 0.5) is 0 Å². The quantitative estimate of drug-likeness (QED) is 0.252. The van der Waals surface area contributed by atoms with Crippen molar-refractivity contribution in [1.29, 1.82) is 0 Å². The van der Waals surface area contributed by atoms with Crippen LogP contribution in [0.1, 0.15) is 37.5 Å². The molecule has 4 rings (SSSR count). The van der Waals surface area contributed by atoms with Crippen molar-refractivity contribution in [2.45, 2.75) is 38.8 Å². The summed E-state index contributed by atoms with van der Waals surface area (Å²) in [5.41, 5.74) is 3.20. The Morgan fingerprint density at radius 3 is 1.91 bits per heavy atom. The van der Waals surface area contributed by atoms with Crippen LogP contribution in [0.3, 0.4) is 0 Å². The summed E-state index contributed by atoms with van der Waals surface area (Å²) < 4.78 is 5.81. The first kappa shape index (κ1) is 22.5. The van der Waals surface area contributed by atoms with E-state index in [9.17, 15) is 4.79 Å². The number of carbonyl (C=O) groups excluding carboxylic acids is 1. The smallest absolute Gasteiger partial charge is 0.331 e. The van der Waals surface area contributed by atoms with Crippen molar-refractivity contribution in [3.8, 4) is 0 Å². The molecular formula is C30H29NO2. The van der Waals surface area contributed by atoms with Gasteiger partial charge in [-0.2, -0.15) is 0 Å². The summed E-state index contributed by atoms with van der Waals surface area (Å²) in [6.07, 6.45) is 0.458. The van der Waals surface area contributed by atoms with E-state index in [1.165, 1.54) is 0 Å². The van der Waals surface area contributed by atoms with Gasteiger partial charge in [-0.05, 0) is 37.1 Å². The number of aliphatic imine (C=N–C) groups is 1. The van der Waals surface area contributed by atoms with E-state index in [2.05, 4.69) is 24.3 Å². The predicted molar refractivity (Wildman–Crippen MR) is 136 cm³/mol. The fourth-order valence-electron chi connectivity index (χ4n) is 3.89. The van der Waals surface area contributed by atoms with Crippen LogP contribution in [0.25, 0.3) is 10.8 Å². The molecule has 0 bridgehead atoms. The van der Waals surface area contributed by atoms with Gasteiger partial charge in [0.2, 0.25) is 0 Å². The number of nitrogens with zero attached hydrogens (tertiary/aromatic N) is 1. The first-order chi connectivity index (χ1) is 15.9. The average Bonchev–Trinajstić information content (AvgIpc) is 2.82. The summed E-state index contributed by atoms with van der Waals surface area (Å²) >= 11 is 0. The van der Waals surface area contributed by atoms with Crippen LogP contribution >= 0.6 is 0 Å². The lowest BCUT2D eigenvalue weighted by molar-refractivity contribution is -0.156. The van der Waals surface area contributed by atoms with E-state index < -0.39 is 11.6 Å². The van der Waals surface area contributed by atoms with Gasteiger partial charge < -0.3 is 4.74 Å². The summed E-state index contributed by atoms with van der Waals surface area (Å²) in [5, 5.41) is 2.28. The van der Waals surface area contributed by atoms with Crippen molar-refractivity contribution in [3.63, 3.8) is 0 Å². The summed E-state index contributed by atoms with van der Waals surface area (Å²) in [6, 6.07) is 33.7. The molecule has 4 aromatic rings. The van der Waals surface area contributed by atoms with Gasteiger partial charge in [0.25, 0.3) is 0 Å². The Kier molecular flexibility index (Phi) is 6.69. The Morgan fingerprint density at radius 1 is 0.758 bits per heavy atom. The molecular weight excluding hydrogens is 406 g/mol. The largest absolute Gasteiger partial charge is 0.458 e. The SMILES string of the molecule is CC(C)(C)OC(=O)[C@H](Cc1cccc2ccccc12)N=C(c1ccccc1)c1ccccc1. The number of hydrogen-bond acceptors (Lipinski definition) is 3. The van der Waals surface area contributed by atoms with Crippen molar-refractivity contribution in [3.05, 3.63) is 120 Å². The van der Waals surface area contributed by atoms with Gasteiger partial charge in [-0.1, -0.05) is 103 Å². The fourth-order valence-corrected chi connectivity index (χ4v) is 3.89. The van der Waals surface area contributed by atoms with Crippen LogP contribution in [-0.4, -0.2) is 23.3 Å². The zero-order chi connectivity index (χ0) is 23.3. The normalized spacial score (nSPS) is 12.2. The van der Waals surface area contributed by atoms with Gasteiger partial charge in [0.1, 0.15) is 5.60 Å². The second-order valence-electron chi connectivity index (χ2n) is 9.10. The number of hydrogen-bond donors (Lipinski definition) is 0. The maximum atomic E-state index is 13.4. The average molecular weight is 436 g/mol. The molecule has 0 saturated heterocycles. The summed E-state index contributed by atoms with van der Waals surface area (Å²) in [5.74, 6) is -0.320. The van der Waals surface area contributed by atoms with Crippen molar-refractivity contribution < 1.29 is 9.53 Å². The van der Waals surface area contributed by atoms with Gasteiger partial charge in [0, 0.05) is 17.5 Å². The van der Waals surface area contributed by atoms with Gasteiger partial charge in [-0.15, -0.1) is 0 Å². The zero-order valence-corrected chi connectivity index (χ0v) is 19.4. The lowest BCUT2D eigenvalue weighted by Crippen LogP contribution is -2.33. The molecule has 0 fully saturated rings. The minimum absolute atomic E-state index is 0.320. The van der Waals surface area contributed by atoms with E-state index >= 15 is 0 Å². The molecule has 33 heavy (non-hydrogen) atoms. The lowest BCUT2D eigenvalue weighted by atomic mass is 9.97. The third-order valence-electron chi connectivity index (χ3n) is 5.35. The molecule has 166 valence electrons. The maximum absolute atomic E-state index is 13.4. The van der Waals surface area contributed by atoms with Gasteiger partial charge in [0.15, 0.2) is 6.04 Å². The van der Waals surface area contributed by atoms with Gasteiger partial charge in [-0.3, -0.25) is 4.99 Å². The van der Waals surface area contributed by atoms with E-state index in [1.807, 2.05) is 99.6 Å². The van der Waals surface area contributed by atoms with Crippen molar-refractivity contribution in [2.75, 3.05) is 0 Å². The second-order valence-corrected chi connectivity index (χ2v) is 9.10. The molecule has 0 saturated carbocycles. The molecule has 0 radical (unpaired) electrons. The second kappa shape index (κ2) is 9.83. The third kappa shape index (κ3) is 5.75. The van der Waals surface area contributed by atoms with Gasteiger partial charge in [-0.25, -0.2) is 4.79 Å². The number of rotatable bonds is 6. The van der Waals surface area contributed by atoms with Crippen LogP contribution in [0, 0.1) is 0 Å². The molecule has 0 aliphatic rings. The highest BCUT2D eigenvalue weighted by atomic mass is 16.6. The Morgan fingerprint density at radius 2 is 1.30 bits per heavy atom. The van der Waals surface area contributed by atoms with Crippen LogP contribution in [0.15, 0.2) is 108 Å². The molecule has 0 aliphatic heterocycles. The number of benzene rings is 4. The van der Waals surface area contributed by atoms with E-state index in [4.69, 9.17) is 9.73 Å². The molecule has 0 spiro atoms. The predicted octanol–water partition coefficient (Wildman–Crippen LogP) is 6.63. The van der Waals surface area contributed by atoms with Crippen molar-refractivity contribution >= 4 is 22.5 Å². The van der Waals surface area contributed by atoms with Crippen molar-refractivity contribution in [2.24, 2.45) is 4.99 Å². The molecule has 3 heteroatoms. The number of fused-ring (bicyclic) bond motifs is 1. The summed E-state index contributed by atoms with van der Waals surface area (Å²) in [7, 11) is 0.